The van der Waals surface area contributed by atoms with Crippen LogP contribution in [-0.2, 0) is 12.0 Å². The van der Waals surface area contributed by atoms with Crippen LogP contribution in [0.3, 0.4) is 0 Å². The van der Waals surface area contributed by atoms with Crippen LogP contribution < -0.4 is 0 Å². The van der Waals surface area contributed by atoms with Gasteiger partial charge < -0.3 is 5.11 Å². The van der Waals surface area contributed by atoms with E-state index in [-0.39, 0.29) is 6.42 Å². The van der Waals surface area contributed by atoms with E-state index >= 15 is 0 Å². The molecule has 20 heavy (non-hydrogen) atoms. The third kappa shape index (κ3) is 3.14. The highest BCUT2D eigenvalue weighted by Gasteiger charge is 2.30. The fourth-order valence-corrected chi connectivity index (χ4v) is 2.19. The number of pyridine rings is 1. The molecule has 2 aromatic rings. The highest BCUT2D eigenvalue weighted by atomic mass is 35.5. The molecule has 106 valence electrons. The second-order valence-electron chi connectivity index (χ2n) is 4.66. The summed E-state index contributed by atoms with van der Waals surface area (Å²) in [5.41, 5.74) is -0.692. The highest BCUT2D eigenvalue weighted by Crippen LogP contribution is 2.29. The molecule has 0 bridgehead atoms. The first-order valence-electron chi connectivity index (χ1n) is 6.23. The van der Waals surface area contributed by atoms with Crippen molar-refractivity contribution in [2.45, 2.75) is 25.4 Å². The van der Waals surface area contributed by atoms with E-state index in [0.29, 0.717) is 22.7 Å². The second-order valence-corrected chi connectivity index (χ2v) is 5.10. The third-order valence-electron chi connectivity index (χ3n) is 3.29. The molecule has 1 heterocycles. The van der Waals surface area contributed by atoms with Gasteiger partial charge in [0.25, 0.3) is 0 Å². The molecule has 0 aliphatic carbocycles. The molecule has 0 spiro atoms. The molecule has 2 rings (SSSR count). The first kappa shape index (κ1) is 14.9. The van der Waals surface area contributed by atoms with Crippen LogP contribution in [-0.4, -0.2) is 10.1 Å². The van der Waals surface area contributed by atoms with E-state index in [2.05, 4.69) is 4.98 Å². The molecule has 0 fully saturated rings. The van der Waals surface area contributed by atoms with Gasteiger partial charge in [0.1, 0.15) is 17.2 Å². The molecule has 0 aliphatic rings. The molecule has 1 aromatic carbocycles. The summed E-state index contributed by atoms with van der Waals surface area (Å²) in [4.78, 5) is 3.89. The molecule has 1 N–H and O–H groups in total. The summed E-state index contributed by atoms with van der Waals surface area (Å²) < 4.78 is 26.7. The molecule has 1 unspecified atom stereocenters. The molecule has 1 aromatic heterocycles. The van der Waals surface area contributed by atoms with Crippen LogP contribution in [0.5, 0.6) is 0 Å². The van der Waals surface area contributed by atoms with Gasteiger partial charge in [-0.25, -0.2) is 8.78 Å². The summed E-state index contributed by atoms with van der Waals surface area (Å²) in [6, 6.07) is 6.93. The summed E-state index contributed by atoms with van der Waals surface area (Å²) in [5.74, 6) is -0.962. The topological polar surface area (TPSA) is 33.1 Å². The number of benzene rings is 1. The van der Waals surface area contributed by atoms with Crippen LogP contribution in [0.4, 0.5) is 8.78 Å². The molecule has 0 saturated carbocycles. The average Bonchev–Trinajstić information content (AvgIpc) is 2.42. The quantitative estimate of drug-likeness (QED) is 0.930. The molecule has 2 nitrogen and oxygen atoms in total. The summed E-state index contributed by atoms with van der Waals surface area (Å²) in [6.45, 7) is 1.76. The number of hydrogen-bond donors (Lipinski definition) is 1. The van der Waals surface area contributed by atoms with E-state index in [1.807, 2.05) is 0 Å². The Morgan fingerprint density at radius 2 is 2.00 bits per heavy atom. The van der Waals surface area contributed by atoms with E-state index < -0.39 is 17.2 Å². The lowest BCUT2D eigenvalue weighted by Crippen LogP contribution is -2.29. The van der Waals surface area contributed by atoms with Crippen molar-refractivity contribution in [3.63, 3.8) is 0 Å². The van der Waals surface area contributed by atoms with E-state index in [4.69, 9.17) is 11.6 Å². The van der Waals surface area contributed by atoms with Crippen LogP contribution in [0, 0.1) is 11.6 Å². The zero-order chi connectivity index (χ0) is 14.8. The fraction of sp³-hybridized carbons (Fsp3) is 0.267. The number of hydrogen-bond acceptors (Lipinski definition) is 2. The van der Waals surface area contributed by atoms with Crippen LogP contribution in [0.1, 0.15) is 24.6 Å². The van der Waals surface area contributed by atoms with E-state index in [1.165, 1.54) is 24.3 Å². The Hall–Kier alpha value is -1.52. The predicted octanol–water partition coefficient (Wildman–Crippen LogP) is 3.85. The van der Waals surface area contributed by atoms with Gasteiger partial charge >= 0.3 is 0 Å². The molecule has 0 radical (unpaired) electrons. The molecule has 0 saturated heterocycles. The van der Waals surface area contributed by atoms with Gasteiger partial charge in [-0.3, -0.25) is 4.98 Å². The van der Waals surface area contributed by atoms with E-state index in [9.17, 15) is 13.9 Å². The lowest BCUT2D eigenvalue weighted by Gasteiger charge is -2.26. The number of aromatic nitrogens is 1. The summed E-state index contributed by atoms with van der Waals surface area (Å²) in [6.07, 6.45) is 1.41. The number of halogens is 3. The van der Waals surface area contributed by atoms with E-state index in [1.54, 1.807) is 13.0 Å². The Morgan fingerprint density at radius 3 is 2.55 bits per heavy atom. The lowest BCUT2D eigenvalue weighted by molar-refractivity contribution is 0.0274. The van der Waals surface area contributed by atoms with E-state index in [0.717, 1.165) is 6.20 Å². The Labute approximate surface area is 121 Å². The maximum absolute atomic E-state index is 13.8. The maximum atomic E-state index is 13.8. The van der Waals surface area contributed by atoms with Crippen molar-refractivity contribution in [3.05, 3.63) is 64.4 Å². The normalized spacial score (nSPS) is 14.1. The zero-order valence-corrected chi connectivity index (χ0v) is 11.7. The monoisotopic (exact) mass is 297 g/mol. The minimum Gasteiger partial charge on any atom is -0.383 e. The summed E-state index contributed by atoms with van der Waals surface area (Å²) in [7, 11) is 0. The largest absolute Gasteiger partial charge is 0.383 e. The lowest BCUT2D eigenvalue weighted by atomic mass is 9.88. The SMILES string of the molecule is CCC(O)(Cc1ccc(Cl)cc1F)c1ccc(F)cn1. The van der Waals surface area contributed by atoms with Crippen molar-refractivity contribution in [1.29, 1.82) is 0 Å². The van der Waals surface area contributed by atoms with Crippen LogP contribution >= 0.6 is 11.6 Å². The number of nitrogens with zero attached hydrogens (tertiary/aromatic N) is 1. The number of aliphatic hydroxyl groups is 1. The fourth-order valence-electron chi connectivity index (χ4n) is 2.03. The van der Waals surface area contributed by atoms with Gasteiger partial charge in [0.15, 0.2) is 0 Å². The molecular formula is C15H14ClF2NO. The summed E-state index contributed by atoms with van der Waals surface area (Å²) >= 11 is 5.70. The van der Waals surface area contributed by atoms with Crippen LogP contribution in [0.25, 0.3) is 0 Å². The average molecular weight is 298 g/mol. The number of rotatable bonds is 4. The first-order chi connectivity index (χ1) is 9.44. The molecule has 5 heteroatoms. The molecule has 1 atom stereocenters. The van der Waals surface area contributed by atoms with Crippen LogP contribution in [0.2, 0.25) is 5.02 Å². The van der Waals surface area contributed by atoms with Gasteiger partial charge in [-0.15, -0.1) is 0 Å². The van der Waals surface area contributed by atoms with Crippen molar-refractivity contribution in [2.24, 2.45) is 0 Å². The molecular weight excluding hydrogens is 284 g/mol. The van der Waals surface area contributed by atoms with Gasteiger partial charge in [-0.05, 0) is 36.2 Å². The molecule has 0 aliphatic heterocycles. The van der Waals surface area contributed by atoms with Crippen LogP contribution in [0.15, 0.2) is 36.5 Å². The van der Waals surface area contributed by atoms with Crippen molar-refractivity contribution in [1.82, 2.24) is 4.98 Å². The third-order valence-corrected chi connectivity index (χ3v) is 3.52. The van der Waals surface area contributed by atoms with Crippen molar-refractivity contribution < 1.29 is 13.9 Å². The summed E-state index contributed by atoms with van der Waals surface area (Å²) in [5, 5.41) is 10.9. The standard InChI is InChI=1S/C15H14ClF2NO/c1-2-15(20,14-6-5-12(17)9-19-14)8-10-3-4-11(16)7-13(10)18/h3-7,9,20H,2,8H2,1H3. The van der Waals surface area contributed by atoms with Crippen molar-refractivity contribution >= 4 is 11.6 Å². The van der Waals surface area contributed by atoms with Gasteiger partial charge in [0, 0.05) is 11.4 Å². The first-order valence-corrected chi connectivity index (χ1v) is 6.61. The Kier molecular flexibility index (Phi) is 4.35. The maximum Gasteiger partial charge on any atom is 0.141 e. The smallest absolute Gasteiger partial charge is 0.141 e. The Morgan fingerprint density at radius 1 is 1.25 bits per heavy atom. The Balaban J connectivity index is 2.33. The predicted molar refractivity (Wildman–Crippen MR) is 73.5 cm³/mol. The van der Waals surface area contributed by atoms with Gasteiger partial charge in [0.2, 0.25) is 0 Å². The minimum atomic E-state index is -1.34. The van der Waals surface area contributed by atoms with Gasteiger partial charge in [-0.1, -0.05) is 24.6 Å². The highest BCUT2D eigenvalue weighted by molar-refractivity contribution is 6.30. The minimum absolute atomic E-state index is 0.0468. The zero-order valence-electron chi connectivity index (χ0n) is 10.9. The molecule has 0 amide bonds. The second kappa shape index (κ2) is 5.85. The Bertz CT molecular complexity index is 603. The van der Waals surface area contributed by atoms with Crippen molar-refractivity contribution in [3.8, 4) is 0 Å². The van der Waals surface area contributed by atoms with Crippen molar-refractivity contribution in [2.75, 3.05) is 0 Å². The van der Waals surface area contributed by atoms with Gasteiger partial charge in [-0.2, -0.15) is 0 Å². The van der Waals surface area contributed by atoms with Gasteiger partial charge in [0.05, 0.1) is 11.9 Å².